The van der Waals surface area contributed by atoms with E-state index < -0.39 is 0 Å². The van der Waals surface area contributed by atoms with E-state index >= 15 is 0 Å². The second-order valence-electron chi connectivity index (χ2n) is 4.31. The number of aryl methyl sites for hydroxylation is 1. The molecule has 0 aliphatic carbocycles. The van der Waals surface area contributed by atoms with Crippen molar-refractivity contribution in [1.82, 2.24) is 15.2 Å². The number of carbonyl (C=O) groups excluding carboxylic acids is 1. The lowest BCUT2D eigenvalue weighted by atomic mass is 10.2. The molecule has 0 bridgehead atoms. The molecule has 0 aliphatic heterocycles. The zero-order valence-electron chi connectivity index (χ0n) is 12.2. The summed E-state index contributed by atoms with van der Waals surface area (Å²) < 4.78 is 10.2. The largest absolute Gasteiger partial charge is 0.497 e. The van der Waals surface area contributed by atoms with Gasteiger partial charge in [-0.15, -0.1) is 0 Å². The number of ether oxygens (including phenoxy) is 1. The van der Waals surface area contributed by atoms with Crippen LogP contribution >= 0.6 is 0 Å². The minimum absolute atomic E-state index is 0.151. The minimum Gasteiger partial charge on any atom is -0.497 e. The molecule has 0 atom stereocenters. The SMILES string of the molecule is COc1ccc(-c2noc(CCC(=O)N(C)OC)n2)cc1. The first-order valence-corrected chi connectivity index (χ1v) is 6.41. The average molecular weight is 291 g/mol. The van der Waals surface area contributed by atoms with Gasteiger partial charge in [0, 0.05) is 25.5 Å². The fourth-order valence-electron chi connectivity index (χ4n) is 1.69. The number of rotatable bonds is 6. The maximum Gasteiger partial charge on any atom is 0.246 e. The highest BCUT2D eigenvalue weighted by Crippen LogP contribution is 2.20. The van der Waals surface area contributed by atoms with Gasteiger partial charge in [0.2, 0.25) is 17.6 Å². The summed E-state index contributed by atoms with van der Waals surface area (Å²) in [6.45, 7) is 0. The first-order valence-electron chi connectivity index (χ1n) is 6.41. The molecule has 112 valence electrons. The first kappa shape index (κ1) is 15.0. The first-order chi connectivity index (χ1) is 10.1. The monoisotopic (exact) mass is 291 g/mol. The van der Waals surface area contributed by atoms with Crippen molar-refractivity contribution in [3.8, 4) is 17.1 Å². The molecule has 0 fully saturated rings. The number of benzene rings is 1. The average Bonchev–Trinajstić information content (AvgIpc) is 3.00. The Balaban J connectivity index is 1.99. The van der Waals surface area contributed by atoms with Crippen LogP contribution in [0, 0.1) is 0 Å². The third-order valence-electron chi connectivity index (χ3n) is 2.99. The molecule has 1 amide bonds. The van der Waals surface area contributed by atoms with E-state index in [4.69, 9.17) is 14.1 Å². The maximum absolute atomic E-state index is 11.6. The molecule has 21 heavy (non-hydrogen) atoms. The number of hydrogen-bond acceptors (Lipinski definition) is 6. The van der Waals surface area contributed by atoms with Crippen molar-refractivity contribution in [2.24, 2.45) is 0 Å². The van der Waals surface area contributed by atoms with Gasteiger partial charge in [-0.05, 0) is 24.3 Å². The summed E-state index contributed by atoms with van der Waals surface area (Å²) in [4.78, 5) is 20.7. The number of aromatic nitrogens is 2. The summed E-state index contributed by atoms with van der Waals surface area (Å²) in [5.41, 5.74) is 0.825. The molecule has 0 unspecified atom stereocenters. The lowest BCUT2D eigenvalue weighted by molar-refractivity contribution is -0.168. The van der Waals surface area contributed by atoms with Gasteiger partial charge in [-0.2, -0.15) is 4.98 Å². The van der Waals surface area contributed by atoms with E-state index in [1.54, 1.807) is 14.2 Å². The highest BCUT2D eigenvalue weighted by atomic mass is 16.7. The molecule has 0 saturated heterocycles. The zero-order valence-corrected chi connectivity index (χ0v) is 12.2. The van der Waals surface area contributed by atoms with Gasteiger partial charge in [-0.3, -0.25) is 9.63 Å². The lowest BCUT2D eigenvalue weighted by Crippen LogP contribution is -2.25. The normalized spacial score (nSPS) is 10.4. The van der Waals surface area contributed by atoms with Gasteiger partial charge >= 0.3 is 0 Å². The quantitative estimate of drug-likeness (QED) is 0.754. The molecule has 1 aromatic heterocycles. The van der Waals surface area contributed by atoms with Gasteiger partial charge in [-0.1, -0.05) is 5.16 Å². The molecule has 7 nitrogen and oxygen atoms in total. The van der Waals surface area contributed by atoms with E-state index in [0.29, 0.717) is 18.1 Å². The third-order valence-corrected chi connectivity index (χ3v) is 2.99. The molecule has 0 N–H and O–H groups in total. The van der Waals surface area contributed by atoms with Crippen LogP contribution in [0.3, 0.4) is 0 Å². The van der Waals surface area contributed by atoms with E-state index in [1.807, 2.05) is 24.3 Å². The number of nitrogens with zero attached hydrogens (tertiary/aromatic N) is 3. The van der Waals surface area contributed by atoms with Crippen molar-refractivity contribution in [2.75, 3.05) is 21.3 Å². The molecule has 0 spiro atoms. The molecule has 0 aliphatic rings. The predicted octanol–water partition coefficient (Wildman–Crippen LogP) is 1.70. The van der Waals surface area contributed by atoms with E-state index in [0.717, 1.165) is 11.3 Å². The molecule has 0 radical (unpaired) electrons. The summed E-state index contributed by atoms with van der Waals surface area (Å²) in [7, 11) is 4.60. The second kappa shape index (κ2) is 6.85. The van der Waals surface area contributed by atoms with Crippen molar-refractivity contribution in [3.05, 3.63) is 30.2 Å². The molecule has 1 heterocycles. The Morgan fingerprint density at radius 1 is 1.29 bits per heavy atom. The second-order valence-corrected chi connectivity index (χ2v) is 4.31. The maximum atomic E-state index is 11.6. The predicted molar refractivity (Wildman–Crippen MR) is 74.4 cm³/mol. The van der Waals surface area contributed by atoms with Crippen LogP contribution in [-0.4, -0.2) is 42.4 Å². The van der Waals surface area contributed by atoms with Crippen molar-refractivity contribution >= 4 is 5.91 Å². The Bertz CT molecular complexity index is 595. The Labute approximate surface area is 122 Å². The summed E-state index contributed by atoms with van der Waals surface area (Å²) in [5, 5.41) is 5.07. The van der Waals surface area contributed by atoms with Crippen LogP contribution in [0.2, 0.25) is 0 Å². The van der Waals surface area contributed by atoms with Crippen LogP contribution in [0.4, 0.5) is 0 Å². The molecule has 7 heteroatoms. The van der Waals surface area contributed by atoms with Crippen molar-refractivity contribution in [3.63, 3.8) is 0 Å². The van der Waals surface area contributed by atoms with Gasteiger partial charge in [-0.25, -0.2) is 5.06 Å². The Hall–Kier alpha value is -2.41. The number of methoxy groups -OCH3 is 1. The highest BCUT2D eigenvalue weighted by Gasteiger charge is 2.13. The molecule has 1 aromatic carbocycles. The fourth-order valence-corrected chi connectivity index (χ4v) is 1.69. The van der Waals surface area contributed by atoms with Crippen LogP contribution < -0.4 is 4.74 Å². The van der Waals surface area contributed by atoms with Gasteiger partial charge < -0.3 is 9.26 Å². The van der Waals surface area contributed by atoms with E-state index in [1.165, 1.54) is 12.2 Å². The Morgan fingerprint density at radius 3 is 2.62 bits per heavy atom. The van der Waals surface area contributed by atoms with Crippen molar-refractivity contribution < 1.29 is 18.9 Å². The van der Waals surface area contributed by atoms with Crippen molar-refractivity contribution in [2.45, 2.75) is 12.8 Å². The minimum atomic E-state index is -0.151. The topological polar surface area (TPSA) is 77.7 Å². The van der Waals surface area contributed by atoms with Crippen LogP contribution in [0.15, 0.2) is 28.8 Å². The smallest absolute Gasteiger partial charge is 0.246 e. The molecule has 2 rings (SSSR count). The number of hydrogen-bond donors (Lipinski definition) is 0. The molecule has 2 aromatic rings. The Morgan fingerprint density at radius 2 is 2.00 bits per heavy atom. The van der Waals surface area contributed by atoms with E-state index in [2.05, 4.69) is 10.1 Å². The number of carbonyl (C=O) groups is 1. The van der Waals surface area contributed by atoms with Gasteiger partial charge in [0.1, 0.15) is 5.75 Å². The summed E-state index contributed by atoms with van der Waals surface area (Å²) in [6, 6.07) is 7.33. The Kier molecular flexibility index (Phi) is 4.89. The molecular weight excluding hydrogens is 274 g/mol. The fraction of sp³-hybridized carbons (Fsp3) is 0.357. The summed E-state index contributed by atoms with van der Waals surface area (Å²) >= 11 is 0. The van der Waals surface area contributed by atoms with Crippen LogP contribution in [0.1, 0.15) is 12.3 Å². The van der Waals surface area contributed by atoms with Gasteiger partial charge in [0.05, 0.1) is 14.2 Å². The van der Waals surface area contributed by atoms with Crippen LogP contribution in [-0.2, 0) is 16.1 Å². The van der Waals surface area contributed by atoms with Crippen LogP contribution in [0.5, 0.6) is 5.75 Å². The summed E-state index contributed by atoms with van der Waals surface area (Å²) in [5.74, 6) is 1.51. The van der Waals surface area contributed by atoms with Gasteiger partial charge in [0.15, 0.2) is 0 Å². The number of hydroxylamine groups is 2. The van der Waals surface area contributed by atoms with E-state index in [-0.39, 0.29) is 12.3 Å². The summed E-state index contributed by atoms with van der Waals surface area (Å²) in [6.07, 6.45) is 0.615. The number of amides is 1. The standard InChI is InChI=1S/C14H17N3O4/c1-17(20-3)13(18)9-8-12-15-14(16-21-12)10-4-6-11(19-2)7-5-10/h4-7H,8-9H2,1-3H3. The molecular formula is C14H17N3O4. The van der Waals surface area contributed by atoms with Gasteiger partial charge in [0.25, 0.3) is 0 Å². The van der Waals surface area contributed by atoms with E-state index in [9.17, 15) is 4.79 Å². The van der Waals surface area contributed by atoms with Crippen molar-refractivity contribution in [1.29, 1.82) is 0 Å². The lowest BCUT2D eigenvalue weighted by Gasteiger charge is -2.12. The zero-order chi connectivity index (χ0) is 15.2. The molecule has 0 saturated carbocycles. The van der Waals surface area contributed by atoms with Crippen LogP contribution in [0.25, 0.3) is 11.4 Å². The highest BCUT2D eigenvalue weighted by molar-refractivity contribution is 5.74. The third kappa shape index (κ3) is 3.79.